The summed E-state index contributed by atoms with van der Waals surface area (Å²) in [5, 5.41) is 8.33. The molecule has 6 nitrogen and oxygen atoms in total. The summed E-state index contributed by atoms with van der Waals surface area (Å²) in [4.78, 5) is 2.47. The van der Waals surface area contributed by atoms with Crippen LogP contribution >= 0.6 is 35.2 Å². The number of halogens is 1. The molecule has 1 atom stereocenters. The first-order valence-electron chi connectivity index (χ1n) is 7.29. The number of nitrogens with one attached hydrogen (secondary N) is 1. The zero-order chi connectivity index (χ0) is 17.1. The number of rotatable bonds is 6. The molecule has 2 heterocycles. The molecule has 0 bridgehead atoms. The van der Waals surface area contributed by atoms with Crippen molar-refractivity contribution in [2.45, 2.75) is 13.2 Å². The summed E-state index contributed by atoms with van der Waals surface area (Å²) < 4.78 is 9.90. The predicted octanol–water partition coefficient (Wildman–Crippen LogP) is 2.19. The highest BCUT2D eigenvalue weighted by Crippen LogP contribution is 2.20. The molecule has 0 saturated carbocycles. The highest BCUT2D eigenvalue weighted by molar-refractivity contribution is 7.71. The Morgan fingerprint density at radius 3 is 2.58 bits per heavy atom. The smallest absolute Gasteiger partial charge is 0.225 e. The van der Waals surface area contributed by atoms with Crippen LogP contribution in [-0.2, 0) is 13.2 Å². The van der Waals surface area contributed by atoms with Gasteiger partial charge in [-0.3, -0.25) is 0 Å². The number of nitrogens with zero attached hydrogens (tertiary/aromatic N) is 4. The Hall–Kier alpha value is -1.74. The van der Waals surface area contributed by atoms with Crippen molar-refractivity contribution in [2.24, 2.45) is 0 Å². The number of aromatic nitrogens is 4. The van der Waals surface area contributed by atoms with E-state index in [9.17, 15) is 0 Å². The molecule has 3 rings (SSSR count). The SMILES string of the molecule is COc1ccc(-n2nnn(C[NH+](C)Cc3ccc(Cl)s3)c2=S)cc1. The lowest BCUT2D eigenvalue weighted by molar-refractivity contribution is -0.917. The predicted molar refractivity (Wildman–Crippen MR) is 96.7 cm³/mol. The van der Waals surface area contributed by atoms with Gasteiger partial charge in [-0.2, -0.15) is 9.36 Å². The molecule has 0 saturated heterocycles. The molecule has 3 aromatic rings. The fourth-order valence-electron chi connectivity index (χ4n) is 2.31. The number of hydrogen-bond acceptors (Lipinski definition) is 5. The number of tetrazole rings is 1. The Morgan fingerprint density at radius 1 is 1.21 bits per heavy atom. The summed E-state index contributed by atoms with van der Waals surface area (Å²) >= 11 is 13.1. The van der Waals surface area contributed by atoms with E-state index in [-0.39, 0.29) is 0 Å². The lowest BCUT2D eigenvalue weighted by Gasteiger charge is -2.11. The van der Waals surface area contributed by atoms with Crippen molar-refractivity contribution in [3.63, 3.8) is 0 Å². The second-order valence-electron chi connectivity index (χ2n) is 5.37. The fourth-order valence-corrected chi connectivity index (χ4v) is 3.76. The van der Waals surface area contributed by atoms with Crippen molar-refractivity contribution in [1.82, 2.24) is 19.8 Å². The topological polar surface area (TPSA) is 49.3 Å². The van der Waals surface area contributed by atoms with Gasteiger partial charge in [0.15, 0.2) is 6.67 Å². The molecule has 126 valence electrons. The van der Waals surface area contributed by atoms with Crippen LogP contribution in [-0.4, -0.2) is 33.9 Å². The van der Waals surface area contributed by atoms with Crippen molar-refractivity contribution in [3.8, 4) is 11.4 Å². The van der Waals surface area contributed by atoms with Crippen molar-refractivity contribution in [1.29, 1.82) is 0 Å². The molecule has 0 aliphatic rings. The van der Waals surface area contributed by atoms with E-state index in [0.29, 0.717) is 11.4 Å². The Labute approximate surface area is 153 Å². The van der Waals surface area contributed by atoms with Gasteiger partial charge in [-0.05, 0) is 59.0 Å². The van der Waals surface area contributed by atoms with E-state index in [4.69, 9.17) is 28.6 Å². The quantitative estimate of drug-likeness (QED) is 0.664. The average Bonchev–Trinajstić information content (AvgIpc) is 3.14. The third-order valence-electron chi connectivity index (χ3n) is 3.48. The summed E-state index contributed by atoms with van der Waals surface area (Å²) in [6, 6.07) is 11.5. The standard InChI is InChI=1S/C15H16ClN5OS2/c1-19(9-13-7-8-14(16)24-13)10-20-15(23)21(18-17-20)11-3-5-12(22-2)6-4-11/h3-8H,9-10H2,1-2H3/p+1. The van der Waals surface area contributed by atoms with Crippen LogP contribution in [0, 0.1) is 4.77 Å². The van der Waals surface area contributed by atoms with Gasteiger partial charge in [-0.25, -0.2) is 0 Å². The molecule has 0 fully saturated rings. The Bertz CT molecular complexity index is 871. The summed E-state index contributed by atoms with van der Waals surface area (Å²) in [6.45, 7) is 1.49. The van der Waals surface area contributed by atoms with Crippen LogP contribution in [0.5, 0.6) is 5.75 Å². The lowest BCUT2D eigenvalue weighted by Crippen LogP contribution is -3.06. The first-order chi connectivity index (χ1) is 11.6. The maximum Gasteiger partial charge on any atom is 0.225 e. The maximum absolute atomic E-state index is 5.97. The minimum absolute atomic E-state index is 0.559. The van der Waals surface area contributed by atoms with E-state index in [1.165, 1.54) is 9.78 Å². The van der Waals surface area contributed by atoms with Gasteiger partial charge < -0.3 is 9.64 Å². The Balaban J connectivity index is 1.73. The minimum atomic E-state index is 0.559. The zero-order valence-electron chi connectivity index (χ0n) is 13.3. The maximum atomic E-state index is 5.97. The molecule has 1 aromatic carbocycles. The molecule has 0 aliphatic heterocycles. The first-order valence-corrected chi connectivity index (χ1v) is 8.90. The monoisotopic (exact) mass is 382 g/mol. The Kier molecular flexibility index (Phi) is 5.30. The molecule has 0 amide bonds. The number of quaternary nitrogens is 1. The van der Waals surface area contributed by atoms with Crippen LogP contribution in [0.15, 0.2) is 36.4 Å². The van der Waals surface area contributed by atoms with Crippen molar-refractivity contribution in [2.75, 3.05) is 14.2 Å². The van der Waals surface area contributed by atoms with E-state index >= 15 is 0 Å². The summed E-state index contributed by atoms with van der Waals surface area (Å²) in [6.07, 6.45) is 0. The summed E-state index contributed by atoms with van der Waals surface area (Å²) in [5.74, 6) is 0.788. The van der Waals surface area contributed by atoms with E-state index in [1.807, 2.05) is 36.4 Å². The molecule has 0 spiro atoms. The number of ether oxygens (including phenoxy) is 1. The molecule has 2 aromatic heterocycles. The van der Waals surface area contributed by atoms with Gasteiger partial charge in [0.2, 0.25) is 4.77 Å². The van der Waals surface area contributed by atoms with Gasteiger partial charge in [-0.15, -0.1) is 11.3 Å². The van der Waals surface area contributed by atoms with E-state index < -0.39 is 0 Å². The molecule has 1 unspecified atom stereocenters. The summed E-state index contributed by atoms with van der Waals surface area (Å²) in [5.41, 5.74) is 0.856. The van der Waals surface area contributed by atoms with Crippen LogP contribution in [0.3, 0.4) is 0 Å². The molecule has 24 heavy (non-hydrogen) atoms. The van der Waals surface area contributed by atoms with E-state index in [1.54, 1.807) is 27.8 Å². The molecule has 1 N–H and O–H groups in total. The third kappa shape index (κ3) is 3.84. The van der Waals surface area contributed by atoms with Gasteiger partial charge in [0.1, 0.15) is 12.3 Å². The molecule has 0 radical (unpaired) electrons. The van der Waals surface area contributed by atoms with E-state index in [2.05, 4.69) is 17.5 Å². The van der Waals surface area contributed by atoms with Gasteiger partial charge in [0, 0.05) is 0 Å². The van der Waals surface area contributed by atoms with Crippen molar-refractivity contribution < 1.29 is 9.64 Å². The highest BCUT2D eigenvalue weighted by Gasteiger charge is 2.11. The zero-order valence-corrected chi connectivity index (χ0v) is 15.7. The van der Waals surface area contributed by atoms with E-state index in [0.717, 1.165) is 22.3 Å². The largest absolute Gasteiger partial charge is 0.497 e. The lowest BCUT2D eigenvalue weighted by atomic mass is 10.3. The van der Waals surface area contributed by atoms with Crippen LogP contribution in [0.2, 0.25) is 4.34 Å². The average molecular weight is 383 g/mol. The van der Waals surface area contributed by atoms with Crippen molar-refractivity contribution in [3.05, 3.63) is 50.4 Å². The van der Waals surface area contributed by atoms with Crippen LogP contribution < -0.4 is 9.64 Å². The number of benzene rings is 1. The highest BCUT2D eigenvalue weighted by atomic mass is 35.5. The second kappa shape index (κ2) is 7.43. The number of methoxy groups -OCH3 is 1. The fraction of sp³-hybridized carbons (Fsp3) is 0.267. The van der Waals surface area contributed by atoms with Gasteiger partial charge >= 0.3 is 0 Å². The molecule has 9 heteroatoms. The van der Waals surface area contributed by atoms with Crippen LogP contribution in [0.1, 0.15) is 4.88 Å². The van der Waals surface area contributed by atoms with Crippen LogP contribution in [0.25, 0.3) is 5.69 Å². The van der Waals surface area contributed by atoms with Gasteiger partial charge in [0.25, 0.3) is 0 Å². The molecular formula is C15H17ClN5OS2+. The second-order valence-corrected chi connectivity index (χ2v) is 7.53. The first kappa shape index (κ1) is 17.1. The number of thiophene rings is 1. The Morgan fingerprint density at radius 2 is 1.96 bits per heavy atom. The molecule has 0 aliphatic carbocycles. The minimum Gasteiger partial charge on any atom is -0.497 e. The third-order valence-corrected chi connectivity index (χ3v) is 5.10. The summed E-state index contributed by atoms with van der Waals surface area (Å²) in [7, 11) is 3.72. The number of hydrogen-bond donors (Lipinski definition) is 1. The molecular weight excluding hydrogens is 366 g/mol. The van der Waals surface area contributed by atoms with Crippen LogP contribution in [0.4, 0.5) is 0 Å². The normalized spacial score (nSPS) is 12.3. The van der Waals surface area contributed by atoms with Gasteiger partial charge in [-0.1, -0.05) is 11.6 Å². The van der Waals surface area contributed by atoms with Gasteiger partial charge in [0.05, 0.1) is 29.1 Å². The van der Waals surface area contributed by atoms with Crippen molar-refractivity contribution >= 4 is 35.2 Å².